The lowest BCUT2D eigenvalue weighted by molar-refractivity contribution is -0.384. The van der Waals surface area contributed by atoms with Crippen LogP contribution in [0.15, 0.2) is 12.1 Å². The minimum absolute atomic E-state index is 0.0173. The van der Waals surface area contributed by atoms with Crippen LogP contribution in [0.2, 0.25) is 4.34 Å². The summed E-state index contributed by atoms with van der Waals surface area (Å²) in [5, 5.41) is 17.4. The number of hydrogen-bond acceptors (Lipinski definition) is 5. The van der Waals surface area contributed by atoms with E-state index in [-0.39, 0.29) is 14.9 Å². The fraction of sp³-hybridized carbons (Fsp3) is 0.200. The summed E-state index contributed by atoms with van der Waals surface area (Å²) < 4.78 is 1.49. The number of rotatable bonds is 3. The Balaban J connectivity index is 2.23. The molecule has 0 bridgehead atoms. The molecule has 1 amide bonds. The third kappa shape index (κ3) is 2.74. The van der Waals surface area contributed by atoms with Gasteiger partial charge in [-0.1, -0.05) is 11.6 Å². The second-order valence-corrected chi connectivity index (χ2v) is 5.43. The first-order chi connectivity index (χ1) is 8.88. The van der Waals surface area contributed by atoms with E-state index in [2.05, 4.69) is 10.4 Å². The normalized spacial score (nSPS) is 10.5. The van der Waals surface area contributed by atoms with E-state index in [9.17, 15) is 14.9 Å². The molecule has 2 rings (SSSR count). The molecule has 0 aliphatic heterocycles. The Morgan fingerprint density at radius 3 is 2.74 bits per heavy atom. The van der Waals surface area contributed by atoms with Crippen molar-refractivity contribution in [3.05, 3.63) is 37.2 Å². The summed E-state index contributed by atoms with van der Waals surface area (Å²) in [6, 6.07) is 2.85. The van der Waals surface area contributed by atoms with Crippen molar-refractivity contribution in [3.8, 4) is 0 Å². The molecule has 19 heavy (non-hydrogen) atoms. The molecule has 0 saturated carbocycles. The molecule has 0 unspecified atom stereocenters. The Morgan fingerprint density at radius 2 is 2.26 bits per heavy atom. The van der Waals surface area contributed by atoms with Crippen LogP contribution in [0.5, 0.6) is 0 Å². The third-order valence-corrected chi connectivity index (χ3v) is 3.67. The minimum Gasteiger partial charge on any atom is -0.306 e. The second-order valence-electron chi connectivity index (χ2n) is 3.78. The predicted octanol–water partition coefficient (Wildman–Crippen LogP) is 2.60. The lowest BCUT2D eigenvalue weighted by atomic mass is 10.4. The smallest absolute Gasteiger partial charge is 0.299 e. The van der Waals surface area contributed by atoms with Crippen LogP contribution < -0.4 is 5.32 Å². The predicted molar refractivity (Wildman–Crippen MR) is 71.9 cm³/mol. The number of amides is 1. The molecule has 0 spiro atoms. The molecule has 0 radical (unpaired) electrons. The highest BCUT2D eigenvalue weighted by Crippen LogP contribution is 2.34. The van der Waals surface area contributed by atoms with Crippen LogP contribution in [-0.4, -0.2) is 20.6 Å². The van der Waals surface area contributed by atoms with Crippen LogP contribution >= 0.6 is 22.9 Å². The molecule has 0 aliphatic carbocycles. The van der Waals surface area contributed by atoms with Crippen LogP contribution in [0.25, 0.3) is 0 Å². The molecule has 0 saturated heterocycles. The molecule has 2 aromatic rings. The van der Waals surface area contributed by atoms with Gasteiger partial charge in [-0.25, -0.2) is 0 Å². The first-order valence-electron chi connectivity index (χ1n) is 5.14. The van der Waals surface area contributed by atoms with Crippen LogP contribution in [0.1, 0.15) is 15.4 Å². The first kappa shape index (κ1) is 13.5. The van der Waals surface area contributed by atoms with Gasteiger partial charge in [-0.05, 0) is 6.92 Å². The number of anilines is 1. The summed E-state index contributed by atoms with van der Waals surface area (Å²) in [7, 11) is 1.69. The zero-order valence-electron chi connectivity index (χ0n) is 10.0. The first-order valence-corrected chi connectivity index (χ1v) is 6.33. The minimum atomic E-state index is -0.621. The van der Waals surface area contributed by atoms with Crippen LogP contribution in [-0.2, 0) is 7.05 Å². The van der Waals surface area contributed by atoms with Gasteiger partial charge < -0.3 is 5.32 Å². The lowest BCUT2D eigenvalue weighted by Gasteiger charge is -2.02. The number of aryl methyl sites for hydroxylation is 2. The zero-order chi connectivity index (χ0) is 14.2. The quantitative estimate of drug-likeness (QED) is 0.697. The summed E-state index contributed by atoms with van der Waals surface area (Å²) in [4.78, 5) is 22.2. The topological polar surface area (TPSA) is 90.1 Å². The lowest BCUT2D eigenvalue weighted by Crippen LogP contribution is -2.13. The van der Waals surface area contributed by atoms with E-state index in [1.165, 1.54) is 4.68 Å². The number of carbonyl (C=O) groups is 1. The Hall–Kier alpha value is -1.93. The summed E-state index contributed by atoms with van der Waals surface area (Å²) in [5.41, 5.74) is 0.492. The fourth-order valence-electron chi connectivity index (χ4n) is 1.50. The van der Waals surface area contributed by atoms with E-state index in [4.69, 9.17) is 11.6 Å². The molecule has 2 aromatic heterocycles. The van der Waals surface area contributed by atoms with E-state index in [0.717, 1.165) is 23.1 Å². The molecule has 7 nitrogen and oxygen atoms in total. The van der Waals surface area contributed by atoms with E-state index < -0.39 is 10.8 Å². The molecule has 2 heterocycles. The number of nitrogens with one attached hydrogen (secondary N) is 1. The Labute approximate surface area is 116 Å². The van der Waals surface area contributed by atoms with E-state index in [1.54, 1.807) is 20.0 Å². The number of halogens is 1. The van der Waals surface area contributed by atoms with Gasteiger partial charge in [0.2, 0.25) is 0 Å². The van der Waals surface area contributed by atoms with Gasteiger partial charge >= 0.3 is 0 Å². The average molecular weight is 301 g/mol. The summed E-state index contributed by atoms with van der Waals surface area (Å²) >= 11 is 6.57. The highest BCUT2D eigenvalue weighted by atomic mass is 35.5. The Bertz CT molecular complexity index is 664. The van der Waals surface area contributed by atoms with Crippen molar-refractivity contribution in [2.24, 2.45) is 7.05 Å². The monoisotopic (exact) mass is 300 g/mol. The van der Waals surface area contributed by atoms with Gasteiger partial charge in [-0.3, -0.25) is 19.6 Å². The van der Waals surface area contributed by atoms with Crippen molar-refractivity contribution in [3.63, 3.8) is 0 Å². The van der Waals surface area contributed by atoms with Gasteiger partial charge in [0.1, 0.15) is 10.7 Å². The highest BCUT2D eigenvalue weighted by Gasteiger charge is 2.21. The van der Waals surface area contributed by atoms with Gasteiger partial charge in [0.05, 0.1) is 10.6 Å². The zero-order valence-corrected chi connectivity index (χ0v) is 11.6. The maximum absolute atomic E-state index is 11.9. The largest absolute Gasteiger partial charge is 0.306 e. The highest BCUT2D eigenvalue weighted by molar-refractivity contribution is 7.18. The second kappa shape index (κ2) is 4.98. The Morgan fingerprint density at radius 1 is 1.58 bits per heavy atom. The number of carbonyl (C=O) groups excluding carboxylic acids is 1. The van der Waals surface area contributed by atoms with E-state index >= 15 is 0 Å². The van der Waals surface area contributed by atoms with Crippen LogP contribution in [0.4, 0.5) is 11.5 Å². The van der Waals surface area contributed by atoms with Crippen molar-refractivity contribution in [1.82, 2.24) is 9.78 Å². The Kier molecular flexibility index (Phi) is 3.54. The van der Waals surface area contributed by atoms with Crippen LogP contribution in [0, 0.1) is 17.0 Å². The standard InChI is InChI=1S/C10H9ClN4O3S/c1-5-3-8(14(2)13-5)12-10(16)7-4-6(15(17)18)9(11)19-7/h3-4H,1-2H3,(H,12,16). The van der Waals surface area contributed by atoms with Crippen molar-refractivity contribution in [1.29, 1.82) is 0 Å². The van der Waals surface area contributed by atoms with Gasteiger partial charge in [0.25, 0.3) is 11.6 Å². The van der Waals surface area contributed by atoms with Gasteiger partial charge in [0.15, 0.2) is 4.34 Å². The maximum atomic E-state index is 11.9. The third-order valence-electron chi connectivity index (χ3n) is 2.33. The van der Waals surface area contributed by atoms with Gasteiger partial charge in [-0.15, -0.1) is 11.3 Å². The number of nitrogens with zero attached hydrogens (tertiary/aromatic N) is 3. The molecule has 9 heteroatoms. The molecule has 100 valence electrons. The molecule has 0 atom stereocenters. The molecular weight excluding hydrogens is 292 g/mol. The summed E-state index contributed by atoms with van der Waals surface area (Å²) in [6.07, 6.45) is 0. The summed E-state index contributed by atoms with van der Waals surface area (Å²) in [5.74, 6) is 0.0534. The fourth-order valence-corrected chi connectivity index (χ4v) is 2.62. The average Bonchev–Trinajstić information content (AvgIpc) is 2.83. The molecule has 1 N–H and O–H groups in total. The van der Waals surface area contributed by atoms with Crippen molar-refractivity contribution in [2.75, 3.05) is 5.32 Å². The molecule has 0 aliphatic rings. The van der Waals surface area contributed by atoms with Gasteiger partial charge in [0, 0.05) is 19.2 Å². The van der Waals surface area contributed by atoms with E-state index in [1.807, 2.05) is 0 Å². The number of aromatic nitrogens is 2. The maximum Gasteiger partial charge on any atom is 0.299 e. The van der Waals surface area contributed by atoms with Crippen LogP contribution in [0.3, 0.4) is 0 Å². The van der Waals surface area contributed by atoms with Crippen molar-refractivity contribution in [2.45, 2.75) is 6.92 Å². The van der Waals surface area contributed by atoms with Gasteiger partial charge in [-0.2, -0.15) is 5.10 Å². The van der Waals surface area contributed by atoms with Crippen molar-refractivity contribution < 1.29 is 9.72 Å². The number of hydrogen-bond donors (Lipinski definition) is 1. The van der Waals surface area contributed by atoms with E-state index in [0.29, 0.717) is 5.82 Å². The SMILES string of the molecule is Cc1cc(NC(=O)c2cc([N+](=O)[O-])c(Cl)s2)n(C)n1. The molecular formula is C10H9ClN4O3S. The van der Waals surface area contributed by atoms with Crippen molar-refractivity contribution >= 4 is 40.4 Å². The molecule has 0 fully saturated rings. The molecule has 0 aromatic carbocycles. The number of thiophene rings is 1. The summed E-state index contributed by atoms with van der Waals surface area (Å²) in [6.45, 7) is 1.79. The number of nitro groups is 1.